The molecule has 2 heterocycles. The Kier molecular flexibility index (Phi) is 5.32. The molecular formula is C22H24N2O4. The number of aromatic nitrogens is 1. The number of fused-ring (bicyclic) bond motifs is 1. The lowest BCUT2D eigenvalue weighted by molar-refractivity contribution is -0.0275. The van der Waals surface area contributed by atoms with Crippen LogP contribution in [0.4, 0.5) is 0 Å². The van der Waals surface area contributed by atoms with E-state index in [1.807, 2.05) is 30.3 Å². The van der Waals surface area contributed by atoms with Gasteiger partial charge in [0, 0.05) is 36.8 Å². The summed E-state index contributed by atoms with van der Waals surface area (Å²) >= 11 is 0. The van der Waals surface area contributed by atoms with E-state index in [0.29, 0.717) is 19.5 Å². The van der Waals surface area contributed by atoms with Crippen molar-refractivity contribution in [2.75, 3.05) is 20.2 Å². The van der Waals surface area contributed by atoms with Gasteiger partial charge in [-0.05, 0) is 48.9 Å². The van der Waals surface area contributed by atoms with Gasteiger partial charge in [0.25, 0.3) is 0 Å². The van der Waals surface area contributed by atoms with Crippen molar-refractivity contribution in [3.05, 3.63) is 60.3 Å². The molecule has 2 N–H and O–H groups in total. The molecule has 146 valence electrons. The maximum Gasteiger partial charge on any atom is 0.127 e. The van der Waals surface area contributed by atoms with Crippen LogP contribution in [-0.4, -0.2) is 52.5 Å². The van der Waals surface area contributed by atoms with E-state index in [1.54, 1.807) is 31.5 Å². The third-order valence-electron chi connectivity index (χ3n) is 5.12. The Bertz CT molecular complexity index is 962. The molecule has 28 heavy (non-hydrogen) atoms. The number of hydrogen-bond donors (Lipinski definition) is 2. The average molecular weight is 380 g/mol. The molecule has 0 unspecified atom stereocenters. The number of aliphatic hydroxyl groups is 1. The van der Waals surface area contributed by atoms with Crippen LogP contribution in [0.5, 0.6) is 17.2 Å². The number of phenols is 1. The number of pyridine rings is 1. The number of piperidine rings is 1. The molecule has 0 saturated carbocycles. The zero-order chi connectivity index (χ0) is 19.5. The molecule has 1 aliphatic heterocycles. The maximum atomic E-state index is 10.6. The SMILES string of the molecule is COc1ccc(O)cc1CN1CC[C@@H](Oc2ccc3ncccc3c2)[C@H](O)C1. The highest BCUT2D eigenvalue weighted by molar-refractivity contribution is 5.79. The van der Waals surface area contributed by atoms with Crippen molar-refractivity contribution in [3.63, 3.8) is 0 Å². The standard InChI is InChI=1S/C22H24N2O4/c1-27-21-7-4-17(25)11-16(21)13-24-10-8-22(20(26)14-24)28-18-5-6-19-15(12-18)3-2-9-23-19/h2-7,9,11-12,20,22,25-26H,8,10,13-14H2,1H3/t20-,22-/m1/s1. The molecule has 0 bridgehead atoms. The molecular weight excluding hydrogens is 356 g/mol. The number of likely N-dealkylation sites (tertiary alicyclic amines) is 1. The van der Waals surface area contributed by atoms with Crippen molar-refractivity contribution < 1.29 is 19.7 Å². The van der Waals surface area contributed by atoms with E-state index in [1.165, 1.54) is 0 Å². The fourth-order valence-electron chi connectivity index (χ4n) is 3.69. The predicted octanol–water partition coefficient (Wildman–Crippen LogP) is 2.96. The third kappa shape index (κ3) is 4.03. The van der Waals surface area contributed by atoms with Crippen LogP contribution in [0.15, 0.2) is 54.7 Å². The number of methoxy groups -OCH3 is 1. The highest BCUT2D eigenvalue weighted by atomic mass is 16.5. The first-order valence-corrected chi connectivity index (χ1v) is 9.40. The number of benzene rings is 2. The van der Waals surface area contributed by atoms with E-state index < -0.39 is 6.10 Å². The summed E-state index contributed by atoms with van der Waals surface area (Å²) in [5.41, 5.74) is 1.82. The zero-order valence-corrected chi connectivity index (χ0v) is 15.8. The minimum atomic E-state index is -0.596. The molecule has 2 aromatic carbocycles. The average Bonchev–Trinajstić information content (AvgIpc) is 2.70. The van der Waals surface area contributed by atoms with E-state index >= 15 is 0 Å². The highest BCUT2D eigenvalue weighted by Gasteiger charge is 2.29. The van der Waals surface area contributed by atoms with Crippen LogP contribution in [-0.2, 0) is 6.54 Å². The lowest BCUT2D eigenvalue weighted by atomic mass is 10.0. The van der Waals surface area contributed by atoms with Crippen LogP contribution in [0.2, 0.25) is 0 Å². The summed E-state index contributed by atoms with van der Waals surface area (Å²) in [6.45, 7) is 1.89. The van der Waals surface area contributed by atoms with Crippen LogP contribution in [0.3, 0.4) is 0 Å². The van der Waals surface area contributed by atoms with E-state index in [9.17, 15) is 10.2 Å². The van der Waals surface area contributed by atoms with Crippen LogP contribution >= 0.6 is 0 Å². The Morgan fingerprint density at radius 2 is 2.07 bits per heavy atom. The van der Waals surface area contributed by atoms with Crippen molar-refractivity contribution in [1.82, 2.24) is 9.88 Å². The number of rotatable bonds is 5. The number of aromatic hydroxyl groups is 1. The summed E-state index contributed by atoms with van der Waals surface area (Å²) in [4.78, 5) is 6.46. The molecule has 1 aromatic heterocycles. The first-order valence-electron chi connectivity index (χ1n) is 9.40. The molecule has 6 nitrogen and oxygen atoms in total. The van der Waals surface area contributed by atoms with E-state index in [2.05, 4.69) is 9.88 Å². The normalized spacial score (nSPS) is 20.2. The molecule has 1 saturated heterocycles. The number of hydrogen-bond acceptors (Lipinski definition) is 6. The van der Waals surface area contributed by atoms with Gasteiger partial charge in [-0.25, -0.2) is 0 Å². The maximum absolute atomic E-state index is 10.6. The van der Waals surface area contributed by atoms with Gasteiger partial charge in [0.15, 0.2) is 0 Å². The molecule has 6 heteroatoms. The van der Waals surface area contributed by atoms with E-state index in [4.69, 9.17) is 9.47 Å². The second-order valence-electron chi connectivity index (χ2n) is 7.10. The summed E-state index contributed by atoms with van der Waals surface area (Å²) in [7, 11) is 1.61. The smallest absolute Gasteiger partial charge is 0.127 e. The largest absolute Gasteiger partial charge is 0.508 e. The van der Waals surface area contributed by atoms with Gasteiger partial charge in [-0.3, -0.25) is 9.88 Å². The highest BCUT2D eigenvalue weighted by Crippen LogP contribution is 2.27. The van der Waals surface area contributed by atoms with Gasteiger partial charge in [-0.1, -0.05) is 6.07 Å². The van der Waals surface area contributed by atoms with Crippen LogP contribution in [0, 0.1) is 0 Å². The van der Waals surface area contributed by atoms with Crippen molar-refractivity contribution in [2.45, 2.75) is 25.2 Å². The number of ether oxygens (including phenoxy) is 2. The first kappa shape index (κ1) is 18.5. The lowest BCUT2D eigenvalue weighted by Crippen LogP contribution is -2.48. The molecule has 2 atom stereocenters. The van der Waals surface area contributed by atoms with Gasteiger partial charge >= 0.3 is 0 Å². The summed E-state index contributed by atoms with van der Waals surface area (Å²) in [6.07, 6.45) is 1.63. The van der Waals surface area contributed by atoms with Crippen molar-refractivity contribution in [2.24, 2.45) is 0 Å². The third-order valence-corrected chi connectivity index (χ3v) is 5.12. The summed E-state index contributed by atoms with van der Waals surface area (Å²) < 4.78 is 11.4. The molecule has 0 spiro atoms. The number of β-amino-alcohol motifs (C(OH)–C–C–N with tert-alkyl or cyclic N) is 1. The van der Waals surface area contributed by atoms with Crippen LogP contribution in [0.1, 0.15) is 12.0 Å². The molecule has 0 radical (unpaired) electrons. The second-order valence-corrected chi connectivity index (χ2v) is 7.10. The van der Waals surface area contributed by atoms with Crippen LogP contribution < -0.4 is 9.47 Å². The molecule has 4 rings (SSSR count). The molecule has 1 aliphatic rings. The van der Waals surface area contributed by atoms with Crippen LogP contribution in [0.25, 0.3) is 10.9 Å². The van der Waals surface area contributed by atoms with Gasteiger partial charge in [0.05, 0.1) is 12.6 Å². The molecule has 1 fully saturated rings. The fourth-order valence-corrected chi connectivity index (χ4v) is 3.69. The van der Waals surface area contributed by atoms with Gasteiger partial charge in [-0.2, -0.15) is 0 Å². The number of nitrogens with zero attached hydrogens (tertiary/aromatic N) is 2. The summed E-state index contributed by atoms with van der Waals surface area (Å²) in [6, 6.07) is 14.7. The zero-order valence-electron chi connectivity index (χ0n) is 15.8. The monoisotopic (exact) mass is 380 g/mol. The molecule has 0 amide bonds. The topological polar surface area (TPSA) is 75.1 Å². The summed E-state index contributed by atoms with van der Waals surface area (Å²) in [5.74, 6) is 1.68. The quantitative estimate of drug-likeness (QED) is 0.709. The Labute approximate surface area is 164 Å². The van der Waals surface area contributed by atoms with Crippen molar-refractivity contribution in [1.29, 1.82) is 0 Å². The second kappa shape index (κ2) is 8.04. The Morgan fingerprint density at radius 1 is 1.18 bits per heavy atom. The number of aliphatic hydroxyl groups excluding tert-OH is 1. The van der Waals surface area contributed by atoms with E-state index in [0.717, 1.165) is 34.5 Å². The van der Waals surface area contributed by atoms with Gasteiger partial charge < -0.3 is 19.7 Å². The van der Waals surface area contributed by atoms with Gasteiger partial charge in [0.1, 0.15) is 29.5 Å². The van der Waals surface area contributed by atoms with Crippen molar-refractivity contribution in [3.8, 4) is 17.2 Å². The summed E-state index contributed by atoms with van der Waals surface area (Å²) in [5, 5.41) is 21.4. The molecule has 0 aliphatic carbocycles. The van der Waals surface area contributed by atoms with E-state index in [-0.39, 0.29) is 11.9 Å². The Balaban J connectivity index is 1.40. The predicted molar refractivity (Wildman–Crippen MR) is 107 cm³/mol. The Morgan fingerprint density at radius 3 is 2.89 bits per heavy atom. The van der Waals surface area contributed by atoms with Gasteiger partial charge in [-0.15, -0.1) is 0 Å². The fraction of sp³-hybridized carbons (Fsp3) is 0.318. The minimum Gasteiger partial charge on any atom is -0.508 e. The minimum absolute atomic E-state index is 0.209. The number of phenolic OH excluding ortho intramolecular Hbond substituents is 1. The Hall–Kier alpha value is -2.83. The lowest BCUT2D eigenvalue weighted by Gasteiger charge is -2.36. The van der Waals surface area contributed by atoms with Crippen molar-refractivity contribution >= 4 is 10.9 Å². The van der Waals surface area contributed by atoms with Gasteiger partial charge in [0.2, 0.25) is 0 Å². The molecule has 3 aromatic rings. The first-order chi connectivity index (χ1) is 13.6.